The highest BCUT2D eigenvalue weighted by atomic mass is 16.6. The molecule has 0 radical (unpaired) electrons. The molecule has 0 saturated heterocycles. The van der Waals surface area contributed by atoms with Crippen molar-refractivity contribution in [1.82, 2.24) is 10.2 Å². The molecule has 2 N–H and O–H groups in total. The number of amides is 3. The van der Waals surface area contributed by atoms with Crippen LogP contribution in [0.15, 0.2) is 42.5 Å². The molecule has 1 aliphatic carbocycles. The Balaban J connectivity index is 2.07. The second-order valence-corrected chi connectivity index (χ2v) is 11.9. The summed E-state index contributed by atoms with van der Waals surface area (Å²) in [5.74, 6) is 0.124. The van der Waals surface area contributed by atoms with E-state index in [9.17, 15) is 14.4 Å². The lowest BCUT2D eigenvalue weighted by molar-refractivity contribution is -0.142. The second-order valence-electron chi connectivity index (χ2n) is 11.9. The Labute approximate surface area is 238 Å². The third kappa shape index (κ3) is 7.55. The van der Waals surface area contributed by atoms with Gasteiger partial charge in [-0.25, -0.2) is 4.79 Å². The molecule has 2 aromatic carbocycles. The van der Waals surface area contributed by atoms with E-state index in [1.54, 1.807) is 57.0 Å². The molecule has 1 fully saturated rings. The topological polar surface area (TPSA) is 97.0 Å². The molecule has 0 spiro atoms. The van der Waals surface area contributed by atoms with Crippen molar-refractivity contribution in [2.24, 2.45) is 11.8 Å². The van der Waals surface area contributed by atoms with Gasteiger partial charge in [-0.15, -0.1) is 0 Å². The third-order valence-corrected chi connectivity index (χ3v) is 7.66. The number of alkyl carbamates (subject to hydrolysis) is 1. The average Bonchev–Trinajstić information content (AvgIpc) is 3.61. The summed E-state index contributed by atoms with van der Waals surface area (Å²) in [5.41, 5.74) is 2.63. The summed E-state index contributed by atoms with van der Waals surface area (Å²) < 4.78 is 10.8. The van der Waals surface area contributed by atoms with Gasteiger partial charge < -0.3 is 25.0 Å². The molecule has 1 saturated carbocycles. The van der Waals surface area contributed by atoms with Crippen LogP contribution in [-0.4, -0.2) is 47.6 Å². The summed E-state index contributed by atoms with van der Waals surface area (Å²) >= 11 is 0. The molecule has 40 heavy (non-hydrogen) atoms. The molecule has 0 aliphatic heterocycles. The van der Waals surface area contributed by atoms with Crippen molar-refractivity contribution < 1.29 is 23.9 Å². The van der Waals surface area contributed by atoms with Crippen molar-refractivity contribution in [2.75, 3.05) is 12.4 Å². The van der Waals surface area contributed by atoms with Gasteiger partial charge in [0, 0.05) is 11.7 Å². The zero-order valence-corrected chi connectivity index (χ0v) is 25.3. The SMILES string of the molecule is CCC(C)C(NC(=O)OC(C)(C)C)C(=O)N(C(C(=O)Nc1ccc(OC)cc1)c1cccc(C)c1C)C1CC1C. The Morgan fingerprint density at radius 3 is 2.23 bits per heavy atom. The lowest BCUT2D eigenvalue weighted by Crippen LogP contribution is -2.55. The zero-order chi connectivity index (χ0) is 29.8. The molecule has 0 bridgehead atoms. The van der Waals surface area contributed by atoms with Crippen LogP contribution in [0, 0.1) is 25.7 Å². The molecule has 3 amide bonds. The van der Waals surface area contributed by atoms with Gasteiger partial charge in [-0.2, -0.15) is 0 Å². The minimum Gasteiger partial charge on any atom is -0.497 e. The molecule has 5 unspecified atom stereocenters. The minimum absolute atomic E-state index is 0.133. The normalized spacial score (nSPS) is 18.6. The van der Waals surface area contributed by atoms with Gasteiger partial charge in [0.05, 0.1) is 7.11 Å². The molecule has 3 rings (SSSR count). The Bertz CT molecular complexity index is 1200. The highest BCUT2D eigenvalue weighted by Crippen LogP contribution is 2.42. The highest BCUT2D eigenvalue weighted by molar-refractivity contribution is 5.99. The van der Waals surface area contributed by atoms with Crippen LogP contribution >= 0.6 is 0 Å². The van der Waals surface area contributed by atoms with Crippen molar-refractivity contribution in [1.29, 1.82) is 0 Å². The molecule has 5 atom stereocenters. The van der Waals surface area contributed by atoms with Gasteiger partial charge in [0.25, 0.3) is 5.91 Å². The number of methoxy groups -OCH3 is 1. The van der Waals surface area contributed by atoms with Crippen LogP contribution in [-0.2, 0) is 14.3 Å². The maximum Gasteiger partial charge on any atom is 0.408 e. The molecule has 2 aromatic rings. The maximum absolute atomic E-state index is 14.5. The number of nitrogens with one attached hydrogen (secondary N) is 2. The van der Waals surface area contributed by atoms with Gasteiger partial charge in [-0.05, 0) is 93.8 Å². The highest BCUT2D eigenvalue weighted by Gasteiger charge is 2.49. The van der Waals surface area contributed by atoms with E-state index in [1.807, 2.05) is 45.9 Å². The van der Waals surface area contributed by atoms with E-state index in [1.165, 1.54) is 0 Å². The summed E-state index contributed by atoms with van der Waals surface area (Å²) in [6.07, 6.45) is 0.788. The largest absolute Gasteiger partial charge is 0.497 e. The number of carbonyl (C=O) groups is 3. The van der Waals surface area contributed by atoms with E-state index in [0.717, 1.165) is 23.1 Å². The van der Waals surface area contributed by atoms with Gasteiger partial charge in [-0.1, -0.05) is 45.4 Å². The van der Waals surface area contributed by atoms with Gasteiger partial charge >= 0.3 is 6.09 Å². The predicted molar refractivity (Wildman–Crippen MR) is 157 cm³/mol. The number of aryl methyl sites for hydroxylation is 1. The number of hydrogen-bond acceptors (Lipinski definition) is 5. The first-order valence-corrected chi connectivity index (χ1v) is 14.1. The smallest absolute Gasteiger partial charge is 0.408 e. The van der Waals surface area contributed by atoms with Crippen molar-refractivity contribution in [3.8, 4) is 5.75 Å². The van der Waals surface area contributed by atoms with Crippen LogP contribution in [0.5, 0.6) is 5.75 Å². The fraction of sp³-hybridized carbons (Fsp3) is 0.531. The number of rotatable bonds is 10. The van der Waals surface area contributed by atoms with E-state index in [4.69, 9.17) is 9.47 Å². The van der Waals surface area contributed by atoms with Gasteiger partial charge in [0.1, 0.15) is 23.4 Å². The third-order valence-electron chi connectivity index (χ3n) is 7.66. The quantitative estimate of drug-likeness (QED) is 0.368. The summed E-state index contributed by atoms with van der Waals surface area (Å²) in [7, 11) is 1.59. The fourth-order valence-electron chi connectivity index (χ4n) is 4.82. The zero-order valence-electron chi connectivity index (χ0n) is 25.3. The lowest BCUT2D eigenvalue weighted by Gasteiger charge is -2.37. The summed E-state index contributed by atoms with van der Waals surface area (Å²) in [6, 6.07) is 11.0. The van der Waals surface area contributed by atoms with E-state index < -0.39 is 23.8 Å². The number of nitrogens with zero attached hydrogens (tertiary/aromatic N) is 1. The average molecular weight is 552 g/mol. The molecule has 8 heteroatoms. The van der Waals surface area contributed by atoms with Crippen molar-refractivity contribution in [2.45, 2.75) is 92.0 Å². The molecule has 218 valence electrons. The van der Waals surface area contributed by atoms with E-state index in [2.05, 4.69) is 17.6 Å². The van der Waals surface area contributed by atoms with Crippen molar-refractivity contribution in [3.05, 3.63) is 59.2 Å². The Hall–Kier alpha value is -3.55. The molecular weight excluding hydrogens is 506 g/mol. The standard InChI is InChI=1S/C32H45N3O5/c1-10-19(2)27(34-31(38)40-32(6,7)8)30(37)35(26-18-21(26)4)28(25-13-11-12-20(3)22(25)5)29(36)33-23-14-16-24(39-9)17-15-23/h11-17,19,21,26-28H,10,18H2,1-9H3,(H,33,36)(H,34,38). The summed E-state index contributed by atoms with van der Waals surface area (Å²) in [5, 5.41) is 5.86. The van der Waals surface area contributed by atoms with Crippen LogP contribution in [0.4, 0.5) is 10.5 Å². The first kappa shape index (κ1) is 31.0. The monoisotopic (exact) mass is 551 g/mol. The van der Waals surface area contributed by atoms with Gasteiger partial charge in [0.2, 0.25) is 5.91 Å². The molecule has 0 heterocycles. The number of ether oxygens (including phenoxy) is 2. The summed E-state index contributed by atoms with van der Waals surface area (Å²) in [4.78, 5) is 43.2. The van der Waals surface area contributed by atoms with E-state index in [0.29, 0.717) is 17.9 Å². The lowest BCUT2D eigenvalue weighted by atomic mass is 9.92. The maximum atomic E-state index is 14.5. The Kier molecular flexibility index (Phi) is 9.87. The van der Waals surface area contributed by atoms with Crippen LogP contribution in [0.1, 0.15) is 77.1 Å². The van der Waals surface area contributed by atoms with Crippen LogP contribution in [0.2, 0.25) is 0 Å². The molecule has 8 nitrogen and oxygen atoms in total. The van der Waals surface area contributed by atoms with Gasteiger partial charge in [-0.3, -0.25) is 9.59 Å². The Morgan fingerprint density at radius 2 is 1.70 bits per heavy atom. The van der Waals surface area contributed by atoms with E-state index in [-0.39, 0.29) is 29.7 Å². The van der Waals surface area contributed by atoms with Crippen LogP contribution in [0.25, 0.3) is 0 Å². The second kappa shape index (κ2) is 12.7. The predicted octanol–water partition coefficient (Wildman–Crippen LogP) is 6.17. The number of anilines is 1. The number of benzene rings is 2. The van der Waals surface area contributed by atoms with Crippen molar-refractivity contribution >= 4 is 23.6 Å². The first-order chi connectivity index (χ1) is 18.8. The molecular formula is C32H45N3O5. The first-order valence-electron chi connectivity index (χ1n) is 14.1. The van der Waals surface area contributed by atoms with Crippen LogP contribution < -0.4 is 15.4 Å². The van der Waals surface area contributed by atoms with Crippen molar-refractivity contribution in [3.63, 3.8) is 0 Å². The van der Waals surface area contributed by atoms with Gasteiger partial charge in [0.15, 0.2) is 0 Å². The summed E-state index contributed by atoms with van der Waals surface area (Å²) in [6.45, 7) is 15.3. The van der Waals surface area contributed by atoms with Crippen LogP contribution in [0.3, 0.4) is 0 Å². The minimum atomic E-state index is -0.892. The number of carbonyl (C=O) groups excluding carboxylic acids is 3. The molecule has 1 aliphatic rings. The van der Waals surface area contributed by atoms with E-state index >= 15 is 0 Å². The molecule has 0 aromatic heterocycles. The number of hydrogen-bond donors (Lipinski definition) is 2. The Morgan fingerprint density at radius 1 is 1.07 bits per heavy atom. The fourth-order valence-corrected chi connectivity index (χ4v) is 4.82.